The van der Waals surface area contributed by atoms with Gasteiger partial charge in [0.15, 0.2) is 0 Å². The van der Waals surface area contributed by atoms with E-state index in [-0.39, 0.29) is 11.6 Å². The highest BCUT2D eigenvalue weighted by atomic mass is 16.5. The van der Waals surface area contributed by atoms with Crippen molar-refractivity contribution in [3.05, 3.63) is 0 Å². The molecule has 0 heterocycles. The zero-order valence-corrected chi connectivity index (χ0v) is 13.9. The number of carbonyl (C=O) groups excluding carboxylic acids is 2. The van der Waals surface area contributed by atoms with Crippen molar-refractivity contribution in [2.75, 3.05) is 13.7 Å². The average Bonchev–Trinajstić information content (AvgIpc) is 2.48. The zero-order chi connectivity index (χ0) is 16.1. The van der Waals surface area contributed by atoms with Gasteiger partial charge in [0.05, 0.1) is 6.10 Å². The smallest absolute Gasteiger partial charge is 0.133 e. The van der Waals surface area contributed by atoms with Gasteiger partial charge in [-0.2, -0.15) is 0 Å². The first-order valence-corrected chi connectivity index (χ1v) is 8.23. The molecule has 0 aromatic rings. The van der Waals surface area contributed by atoms with Gasteiger partial charge >= 0.3 is 0 Å². The molecule has 2 atom stereocenters. The highest BCUT2D eigenvalue weighted by Gasteiger charge is 2.15. The summed E-state index contributed by atoms with van der Waals surface area (Å²) in [6, 6.07) is 0. The quantitative estimate of drug-likeness (QED) is 0.534. The molecule has 0 aromatic carbocycles. The van der Waals surface area contributed by atoms with Gasteiger partial charge in [0.1, 0.15) is 11.6 Å². The largest absolute Gasteiger partial charge is 0.393 e. The van der Waals surface area contributed by atoms with Gasteiger partial charge in [0, 0.05) is 39.4 Å². The van der Waals surface area contributed by atoms with Crippen molar-refractivity contribution in [3.8, 4) is 0 Å². The van der Waals surface area contributed by atoms with Crippen molar-refractivity contribution in [1.29, 1.82) is 0 Å². The third kappa shape index (κ3) is 11.6. The van der Waals surface area contributed by atoms with Crippen LogP contribution in [0, 0.1) is 5.92 Å². The lowest BCUT2D eigenvalue weighted by atomic mass is 9.90. The van der Waals surface area contributed by atoms with Gasteiger partial charge in [-0.3, -0.25) is 9.59 Å². The van der Waals surface area contributed by atoms with Crippen LogP contribution in [0.3, 0.4) is 0 Å². The van der Waals surface area contributed by atoms with Crippen LogP contribution in [0.4, 0.5) is 0 Å². The minimum absolute atomic E-state index is 0.191. The third-order valence-corrected chi connectivity index (χ3v) is 3.85. The second-order valence-corrected chi connectivity index (χ2v) is 5.80. The Morgan fingerprint density at radius 1 is 1.00 bits per heavy atom. The van der Waals surface area contributed by atoms with E-state index < -0.39 is 6.10 Å². The Hall–Kier alpha value is -0.740. The van der Waals surface area contributed by atoms with E-state index in [0.29, 0.717) is 51.0 Å². The van der Waals surface area contributed by atoms with Gasteiger partial charge in [-0.1, -0.05) is 26.7 Å². The average molecular weight is 300 g/mol. The summed E-state index contributed by atoms with van der Waals surface area (Å²) in [4.78, 5) is 23.4. The maximum atomic E-state index is 11.9. The van der Waals surface area contributed by atoms with Crippen LogP contribution in [-0.2, 0) is 14.3 Å². The Kier molecular flexibility index (Phi) is 12.5. The van der Waals surface area contributed by atoms with Crippen molar-refractivity contribution in [1.82, 2.24) is 0 Å². The molecule has 0 saturated heterocycles. The molecule has 124 valence electrons. The lowest BCUT2D eigenvalue weighted by Crippen LogP contribution is -2.14. The highest BCUT2D eigenvalue weighted by Crippen LogP contribution is 2.20. The molecule has 0 rings (SSSR count). The van der Waals surface area contributed by atoms with Crippen molar-refractivity contribution in [2.24, 2.45) is 5.92 Å². The van der Waals surface area contributed by atoms with E-state index in [0.717, 1.165) is 19.3 Å². The fourth-order valence-electron chi connectivity index (χ4n) is 2.44. The molecule has 0 aliphatic rings. The summed E-state index contributed by atoms with van der Waals surface area (Å²) in [6.45, 7) is 4.52. The summed E-state index contributed by atoms with van der Waals surface area (Å²) >= 11 is 0. The van der Waals surface area contributed by atoms with Crippen LogP contribution in [0.2, 0.25) is 0 Å². The Labute approximate surface area is 129 Å². The molecule has 0 aromatic heterocycles. The minimum Gasteiger partial charge on any atom is -0.393 e. The first-order chi connectivity index (χ1) is 10.0. The molecule has 1 N–H and O–H groups in total. The van der Waals surface area contributed by atoms with Gasteiger partial charge in [-0.25, -0.2) is 0 Å². The predicted molar refractivity (Wildman–Crippen MR) is 84.3 cm³/mol. The maximum Gasteiger partial charge on any atom is 0.133 e. The predicted octanol–water partition coefficient (Wildman–Crippen LogP) is 3.30. The number of hydrogen-bond donors (Lipinski definition) is 1. The van der Waals surface area contributed by atoms with Gasteiger partial charge in [0.2, 0.25) is 0 Å². The van der Waals surface area contributed by atoms with E-state index in [1.165, 1.54) is 0 Å². The molecular formula is C17H32O4. The monoisotopic (exact) mass is 300 g/mol. The summed E-state index contributed by atoms with van der Waals surface area (Å²) in [5.74, 6) is 0.817. The molecule has 0 fully saturated rings. The topological polar surface area (TPSA) is 63.6 Å². The van der Waals surface area contributed by atoms with Crippen LogP contribution >= 0.6 is 0 Å². The molecule has 4 heteroatoms. The number of carbonyl (C=O) groups is 2. The number of aliphatic hydroxyl groups excluding tert-OH is 1. The first kappa shape index (κ1) is 20.3. The normalized spacial score (nSPS) is 13.9. The van der Waals surface area contributed by atoms with E-state index in [1.807, 2.05) is 6.92 Å². The van der Waals surface area contributed by atoms with Crippen LogP contribution in [0.5, 0.6) is 0 Å². The number of hydrogen-bond acceptors (Lipinski definition) is 4. The molecular weight excluding hydrogens is 268 g/mol. The third-order valence-electron chi connectivity index (χ3n) is 3.85. The van der Waals surface area contributed by atoms with E-state index in [4.69, 9.17) is 4.74 Å². The van der Waals surface area contributed by atoms with E-state index in [2.05, 4.69) is 6.92 Å². The van der Waals surface area contributed by atoms with E-state index in [1.54, 1.807) is 7.11 Å². The first-order valence-electron chi connectivity index (χ1n) is 8.23. The molecule has 0 spiro atoms. The Morgan fingerprint density at radius 2 is 1.67 bits per heavy atom. The lowest BCUT2D eigenvalue weighted by Gasteiger charge is -2.15. The molecule has 0 amide bonds. The van der Waals surface area contributed by atoms with Crippen LogP contribution < -0.4 is 0 Å². The van der Waals surface area contributed by atoms with Gasteiger partial charge in [-0.15, -0.1) is 0 Å². The van der Waals surface area contributed by atoms with E-state index >= 15 is 0 Å². The molecule has 2 unspecified atom stereocenters. The summed E-state index contributed by atoms with van der Waals surface area (Å²) < 4.78 is 4.90. The summed E-state index contributed by atoms with van der Waals surface area (Å²) in [7, 11) is 1.60. The summed E-state index contributed by atoms with van der Waals surface area (Å²) in [5.41, 5.74) is 0. The number of Topliss-reactive ketones (excluding diaryl/α,β-unsaturated/α-hetero) is 2. The fourth-order valence-corrected chi connectivity index (χ4v) is 2.44. The van der Waals surface area contributed by atoms with Crippen molar-refractivity contribution in [2.45, 2.75) is 77.7 Å². The molecule has 0 bridgehead atoms. The number of ether oxygens (including phenoxy) is 1. The standard InChI is InChI=1S/C17H32O4/c1-4-6-14(13-15(18)5-2)7-8-16(19)9-10-17(20)11-12-21-3/h14,17,20H,4-13H2,1-3H3. The van der Waals surface area contributed by atoms with Crippen LogP contribution in [0.15, 0.2) is 0 Å². The van der Waals surface area contributed by atoms with Gasteiger partial charge < -0.3 is 9.84 Å². The maximum absolute atomic E-state index is 11.9. The van der Waals surface area contributed by atoms with E-state index in [9.17, 15) is 14.7 Å². The van der Waals surface area contributed by atoms with Gasteiger partial charge in [-0.05, 0) is 25.2 Å². The molecule has 0 aliphatic carbocycles. The zero-order valence-electron chi connectivity index (χ0n) is 13.9. The van der Waals surface area contributed by atoms with Crippen LogP contribution in [-0.4, -0.2) is 36.5 Å². The minimum atomic E-state index is -0.456. The fraction of sp³-hybridized carbons (Fsp3) is 0.882. The number of methoxy groups -OCH3 is 1. The number of rotatable bonds is 14. The number of aliphatic hydroxyl groups is 1. The SMILES string of the molecule is CCCC(CCC(=O)CCC(O)CCOC)CC(=O)CC. The molecule has 0 saturated carbocycles. The second-order valence-electron chi connectivity index (χ2n) is 5.80. The van der Waals surface area contributed by atoms with Gasteiger partial charge in [0.25, 0.3) is 0 Å². The molecule has 21 heavy (non-hydrogen) atoms. The summed E-state index contributed by atoms with van der Waals surface area (Å²) in [6.07, 6.45) is 5.62. The van der Waals surface area contributed by atoms with Crippen molar-refractivity contribution in [3.63, 3.8) is 0 Å². The lowest BCUT2D eigenvalue weighted by molar-refractivity contribution is -0.122. The molecule has 0 aliphatic heterocycles. The van der Waals surface area contributed by atoms with Crippen LogP contribution in [0.25, 0.3) is 0 Å². The van der Waals surface area contributed by atoms with Crippen molar-refractivity contribution < 1.29 is 19.4 Å². The van der Waals surface area contributed by atoms with Crippen LogP contribution in [0.1, 0.15) is 71.6 Å². The highest BCUT2D eigenvalue weighted by molar-refractivity contribution is 5.79. The summed E-state index contributed by atoms with van der Waals surface area (Å²) in [5, 5.41) is 9.66. The Morgan fingerprint density at radius 3 is 2.24 bits per heavy atom. The Balaban J connectivity index is 3.93. The number of ketones is 2. The van der Waals surface area contributed by atoms with Crippen molar-refractivity contribution >= 4 is 11.6 Å². The molecule has 0 radical (unpaired) electrons. The Bertz CT molecular complexity index is 289. The second kappa shape index (κ2) is 13.0. The molecule has 4 nitrogen and oxygen atoms in total.